The first-order valence-electron chi connectivity index (χ1n) is 30.3. The van der Waals surface area contributed by atoms with Crippen LogP contribution in [0.1, 0.15) is 18.6 Å². The molecule has 0 spiro atoms. The van der Waals surface area contributed by atoms with E-state index in [1.54, 1.807) is 94.1 Å². The quantitative estimate of drug-likeness (QED) is 0.0260. The van der Waals surface area contributed by atoms with Crippen molar-refractivity contribution in [1.82, 2.24) is 9.97 Å². The summed E-state index contributed by atoms with van der Waals surface area (Å²) >= 11 is 6.02. The summed E-state index contributed by atoms with van der Waals surface area (Å²) in [5.74, 6) is 6.51. The summed E-state index contributed by atoms with van der Waals surface area (Å²) in [4.78, 5) is 27.8. The van der Waals surface area contributed by atoms with Crippen LogP contribution < -0.4 is 53.7 Å². The third-order valence-corrected chi connectivity index (χ3v) is 14.0. The molecule has 0 aliphatic rings. The zero-order valence-corrected chi connectivity index (χ0v) is 58.3. The molecule has 0 fully saturated rings. The predicted octanol–water partition coefficient (Wildman–Crippen LogP) is 15.8. The number of nitro benzene ring substituents is 2. The summed E-state index contributed by atoms with van der Waals surface area (Å²) in [6.45, 7) is 0. The van der Waals surface area contributed by atoms with Crippen LogP contribution in [0.25, 0.3) is 21.8 Å². The molecule has 0 saturated carbocycles. The Hall–Kier alpha value is -13.4. The minimum Gasteiger partial charge on any atom is -0.504 e. The van der Waals surface area contributed by atoms with Crippen LogP contribution in [0.4, 0.5) is 32.8 Å². The number of nitrogens with one attached hydrogen (secondary N) is 1. The maximum atomic E-state index is 12.1. The first-order valence-corrected chi connectivity index (χ1v) is 30.7. The van der Waals surface area contributed by atoms with Crippen molar-refractivity contribution in [2.75, 3.05) is 53.7 Å². The van der Waals surface area contributed by atoms with Gasteiger partial charge in [-0.1, -0.05) is 67.6 Å². The average Bonchev–Trinajstić information content (AvgIpc) is 0.785. The molecule has 12 radical (unpaired) electrons. The van der Waals surface area contributed by atoms with Gasteiger partial charge in [-0.15, -0.1) is 0 Å². The summed E-state index contributed by atoms with van der Waals surface area (Å²) in [7, 11) is 27.2. The number of phenolic OH excluding ortho intramolecular Hbond substituents is 3. The number of pyridine rings is 2. The molecule has 0 aliphatic heterocycles. The minimum absolute atomic E-state index is 0. The van der Waals surface area contributed by atoms with Crippen LogP contribution >= 0.6 is 11.6 Å². The van der Waals surface area contributed by atoms with E-state index in [0.717, 1.165) is 42.8 Å². The second kappa shape index (κ2) is 46.3. The van der Waals surface area contributed by atoms with Gasteiger partial charge < -0.3 is 69.0 Å². The maximum absolute atomic E-state index is 12.1. The van der Waals surface area contributed by atoms with Gasteiger partial charge in [-0.25, -0.2) is 4.39 Å². The lowest BCUT2D eigenvalue weighted by Gasteiger charge is -2.14. The Kier molecular flexibility index (Phi) is 38.0. The molecule has 2 heterocycles. The number of nitrogen functional groups attached to an aromatic ring is 1. The highest BCUT2D eigenvalue weighted by molar-refractivity contribution is 7.17. The van der Waals surface area contributed by atoms with Crippen LogP contribution in [0.3, 0.4) is 0 Å². The van der Waals surface area contributed by atoms with Crippen molar-refractivity contribution in [2.24, 2.45) is 0 Å². The Morgan fingerprint density at radius 3 is 1.18 bits per heavy atom. The normalized spacial score (nSPS) is 9.40. The second-order valence-corrected chi connectivity index (χ2v) is 20.5. The maximum Gasteiger partial charge on any atom is 0.269 e. The number of nitrogens with zero attached hydrogens (tertiary/aromatic N) is 6. The number of ether oxygens (including phenoxy) is 9. The van der Waals surface area contributed by atoms with E-state index < -0.39 is 15.7 Å². The second-order valence-electron chi connectivity index (χ2n) is 20.2. The van der Waals surface area contributed by atoms with Gasteiger partial charge in [-0.05, 0) is 133 Å². The Bertz CT molecular complexity index is 4870. The van der Waals surface area contributed by atoms with Crippen molar-refractivity contribution >= 4 is 108 Å². The van der Waals surface area contributed by atoms with E-state index in [4.69, 9.17) is 70.3 Å². The number of benzene rings is 10. The van der Waals surface area contributed by atoms with Crippen molar-refractivity contribution in [3.05, 3.63) is 273 Å². The summed E-state index contributed by atoms with van der Waals surface area (Å²) in [5, 5.41) is 72.3. The highest BCUT2D eigenvalue weighted by Gasteiger charge is 2.16. The van der Waals surface area contributed by atoms with E-state index in [9.17, 15) is 40.1 Å². The van der Waals surface area contributed by atoms with E-state index in [1.807, 2.05) is 103 Å². The fourth-order valence-corrected chi connectivity index (χ4v) is 8.86. The zero-order valence-electron chi connectivity index (χ0n) is 57.6. The predicted molar refractivity (Wildman–Crippen MR) is 416 cm³/mol. The van der Waals surface area contributed by atoms with Crippen LogP contribution in [-0.4, -0.2) is 124 Å². The molecule has 0 saturated heterocycles. The van der Waals surface area contributed by atoms with Gasteiger partial charge in [-0.3, -0.25) is 30.2 Å². The van der Waals surface area contributed by atoms with E-state index in [-0.39, 0.29) is 44.5 Å². The Morgan fingerprint density at radius 2 is 0.813 bits per heavy atom. The van der Waals surface area contributed by atoms with Gasteiger partial charge in [0.15, 0.2) is 69.0 Å². The molecule has 0 unspecified atom stereocenters. The third kappa shape index (κ3) is 26.7. The van der Waals surface area contributed by atoms with Crippen molar-refractivity contribution in [1.29, 1.82) is 10.5 Å². The summed E-state index contributed by atoms with van der Waals surface area (Å²) in [6, 6.07) is 64.0. The van der Waals surface area contributed by atoms with Gasteiger partial charge in [0.2, 0.25) is 0 Å². The van der Waals surface area contributed by atoms with E-state index >= 15 is 0 Å². The summed E-state index contributed by atoms with van der Waals surface area (Å²) in [6.07, 6.45) is 2.84. The molecule has 534 valence electrons. The topological polar surface area (TPSA) is 341 Å². The number of nitrogens with two attached hydrogens (primary N) is 1. The first-order chi connectivity index (χ1) is 50.7. The van der Waals surface area contributed by atoms with E-state index in [0.29, 0.717) is 113 Å². The Labute approximate surface area is 630 Å². The van der Waals surface area contributed by atoms with Crippen LogP contribution in [0.15, 0.2) is 231 Å². The molecule has 0 atom stereocenters. The SMILES string of the molecule is C.COc1cc2c(Cl)c(C#N)cnc2cc1O.COc1cc2c(Nc3ccc(Oc4ccccc4OC)cc3)c(C#N)cnc2cc1O.COc1ccccc1O.COc1ccccc1Oc1ccc(N)cc1.COc1ccccc1Oc1ccc([N+](=O)[O-])cc1.O=[N+]([O-])c1ccc(F)cc1.[B].[B][B].[B][B][B]. The molecular weight excluding hydrogens is 1390 g/mol. The number of aromatic hydroxyl groups is 3. The number of non-ortho nitro benzene ring substituents is 2. The molecule has 0 amide bonds. The molecule has 32 heteroatoms. The minimum atomic E-state index is -0.570. The van der Waals surface area contributed by atoms with Gasteiger partial charge in [0, 0.05) is 117 Å². The van der Waals surface area contributed by atoms with Crippen LogP contribution in [0.2, 0.25) is 5.02 Å². The molecule has 6 N–H and O–H groups in total. The number of rotatable bonds is 16. The molecule has 0 bridgehead atoms. The van der Waals surface area contributed by atoms with E-state index in [1.165, 1.54) is 58.0 Å². The van der Waals surface area contributed by atoms with Gasteiger partial charge in [0.25, 0.3) is 11.4 Å². The van der Waals surface area contributed by atoms with Gasteiger partial charge >= 0.3 is 0 Å². The number of anilines is 3. The van der Waals surface area contributed by atoms with Crippen LogP contribution in [0, 0.1) is 48.7 Å². The number of para-hydroxylation sites is 8. The first kappa shape index (κ1) is 87.8. The number of methoxy groups -OCH3 is 6. The van der Waals surface area contributed by atoms with Crippen molar-refractivity contribution in [3.63, 3.8) is 0 Å². The van der Waals surface area contributed by atoms with Gasteiger partial charge in [0.05, 0.1) is 85.4 Å². The fourth-order valence-electron chi connectivity index (χ4n) is 8.61. The number of hydrogen-bond donors (Lipinski definition) is 5. The van der Waals surface area contributed by atoms with E-state index in [2.05, 4.69) is 52.3 Å². The highest BCUT2D eigenvalue weighted by atomic mass is 35.5. The lowest BCUT2D eigenvalue weighted by Crippen LogP contribution is -1.97. The lowest BCUT2D eigenvalue weighted by molar-refractivity contribution is -0.385. The number of fused-ring (bicyclic) bond motifs is 2. The van der Waals surface area contributed by atoms with Crippen molar-refractivity contribution in [3.8, 4) is 98.4 Å². The standard InChI is InChI=1S/C24H19N3O4.C13H11NO4.C13H13NO2.C11H7ClN2O2.C7H8O2.C6H4FNO2.CH4.B3.B2.B/c1-29-21-5-3-4-6-22(21)31-17-9-7-16(8-10-17)27-24-15(13-25)14-26-19-12-20(28)23(30-2)11-18(19)24;1-17-12-4-2-3-5-13(12)18-11-8-6-10(7-9-11)14(15)16;1-15-12-4-2-3-5-13(12)16-11-8-6-10(14)7-9-11;1-16-10-2-7-8(3-9(10)15)14-5-6(4-13)11(7)12;1-9-7-5-3-2-4-6(7)8;7-5-1-3-6(4-2-5)8(9)10;;1-3-2;1-2;/h3-12,14,28H,1-2H3,(H,26,27);2-9H,1H3;2-9H,14H2,1H3;2-3,5,15H,1H3;2-5,8H,1H3;1-4H;1H4;;;. The molecule has 0 aliphatic carbocycles. The van der Waals surface area contributed by atoms with Crippen LogP contribution in [0.5, 0.6) is 86.2 Å². The average molecular weight is 1450 g/mol. The molecule has 2 aromatic heterocycles. The third-order valence-electron chi connectivity index (χ3n) is 13.6. The number of aromatic nitrogens is 2. The fraction of sp³-hybridized carbons (Fsp3) is 0.0933. The largest absolute Gasteiger partial charge is 0.504 e. The van der Waals surface area contributed by atoms with Gasteiger partial charge in [0.1, 0.15) is 35.2 Å². The lowest BCUT2D eigenvalue weighted by atomic mass is 9.40. The Morgan fingerprint density at radius 1 is 0.486 bits per heavy atom. The van der Waals surface area contributed by atoms with Crippen molar-refractivity contribution in [2.45, 2.75) is 7.43 Å². The summed E-state index contributed by atoms with van der Waals surface area (Å²) in [5.41, 5.74) is 9.29. The zero-order chi connectivity index (χ0) is 76.8. The number of nitro groups is 2. The monoisotopic (exact) mass is 1450 g/mol. The molecule has 10 aromatic carbocycles. The number of phenols is 3. The van der Waals surface area contributed by atoms with Crippen LogP contribution in [-0.2, 0) is 0 Å². The number of hydrogen-bond acceptors (Lipinski definition) is 22. The Balaban J connectivity index is 0.000000343. The van der Waals surface area contributed by atoms with Gasteiger partial charge in [-0.2, -0.15) is 10.5 Å². The van der Waals surface area contributed by atoms with Crippen molar-refractivity contribution < 1.29 is 72.2 Å². The number of nitriles is 2. The highest BCUT2D eigenvalue weighted by Crippen LogP contribution is 2.39. The molecule has 107 heavy (non-hydrogen) atoms. The molecule has 12 rings (SSSR count). The number of halogens is 2. The molecule has 24 nitrogen and oxygen atoms in total. The molecule has 12 aromatic rings. The molecular formula is C75H66B6ClFN8O16. The smallest absolute Gasteiger partial charge is 0.269 e. The summed E-state index contributed by atoms with van der Waals surface area (Å²) < 4.78 is 59.9.